The molecule has 4 atom stereocenters. The maximum Gasteiger partial charge on any atom is 0.417 e. The number of thiol groups is 1. The summed E-state index contributed by atoms with van der Waals surface area (Å²) >= 11 is 11.0. The largest absolute Gasteiger partial charge is 0.476 e. The van der Waals surface area contributed by atoms with Crippen molar-refractivity contribution in [2.45, 2.75) is 89.2 Å². The number of aromatic nitrogens is 1. The summed E-state index contributed by atoms with van der Waals surface area (Å²) in [5.74, 6) is -0.991. The molecule has 60 heavy (non-hydrogen) atoms. The number of nitrogens with zero attached hydrogens (tertiary/aromatic N) is 6. The van der Waals surface area contributed by atoms with E-state index in [0.717, 1.165) is 17.7 Å². The molecule has 3 aliphatic heterocycles. The van der Waals surface area contributed by atoms with Crippen LogP contribution in [0.1, 0.15) is 64.2 Å². The van der Waals surface area contributed by atoms with Crippen LogP contribution in [-0.2, 0) is 31.8 Å². The minimum absolute atomic E-state index is 0.0348. The van der Waals surface area contributed by atoms with Crippen LogP contribution in [0.15, 0.2) is 48.7 Å². The third-order valence-corrected chi connectivity index (χ3v) is 11.7. The number of aryl methyl sites for hydroxylation is 1. The number of halogens is 4. The first kappa shape index (κ1) is 44.5. The van der Waals surface area contributed by atoms with Crippen LogP contribution in [0.25, 0.3) is 0 Å². The van der Waals surface area contributed by atoms with E-state index in [4.69, 9.17) is 29.0 Å². The molecule has 0 saturated carbocycles. The van der Waals surface area contributed by atoms with Crippen LogP contribution in [0, 0.1) is 11.3 Å². The maximum atomic E-state index is 13.8. The van der Waals surface area contributed by atoms with Crippen molar-refractivity contribution in [1.29, 1.82) is 5.26 Å². The number of piperidine rings is 1. The first-order chi connectivity index (χ1) is 28.3. The number of imide groups is 1. The molecular formula is C41H47ClF3N9O5S. The predicted octanol–water partition coefficient (Wildman–Crippen LogP) is 5.66. The van der Waals surface area contributed by atoms with Gasteiger partial charge in [-0.25, -0.2) is 4.98 Å². The molecule has 2 aromatic carbocycles. The van der Waals surface area contributed by atoms with E-state index in [0.29, 0.717) is 67.0 Å². The number of alkyl halides is 3. The molecule has 3 aliphatic rings. The number of hydrogen-bond donors (Lipinski definition) is 4. The fourth-order valence-corrected chi connectivity index (χ4v) is 8.75. The molecule has 3 saturated heterocycles. The highest BCUT2D eigenvalue weighted by atomic mass is 35.5. The topological polar surface area (TPSA) is 163 Å². The second kappa shape index (κ2) is 17.9. The Morgan fingerprint density at radius 1 is 1.07 bits per heavy atom. The lowest BCUT2D eigenvalue weighted by molar-refractivity contribution is -0.138. The van der Waals surface area contributed by atoms with Gasteiger partial charge < -0.3 is 20.3 Å². The molecule has 0 bridgehead atoms. The minimum Gasteiger partial charge on any atom is -0.476 e. The average molecular weight is 870 g/mol. The fraction of sp³-hybridized carbons (Fsp3) is 0.463. The van der Waals surface area contributed by atoms with E-state index in [1.165, 1.54) is 11.0 Å². The fourth-order valence-electron chi connectivity index (χ4n) is 7.85. The smallest absolute Gasteiger partial charge is 0.417 e. The molecule has 4 amide bonds. The Bertz CT molecular complexity index is 2200. The number of pyridine rings is 1. The number of amides is 4. The van der Waals surface area contributed by atoms with Crippen molar-refractivity contribution >= 4 is 70.6 Å². The molecule has 4 heterocycles. The van der Waals surface area contributed by atoms with Crippen molar-refractivity contribution in [2.24, 2.45) is 0 Å². The lowest BCUT2D eigenvalue weighted by atomic mass is 10.0. The SMILES string of the molecule is CCc1cc(N2[C@@H](S)N(c3ccc(C#N)c(C(F)(F)F)c3)C(=O)C2(C)C)cnc1OCCN1C[C@@H](C)N(CC(=O)Nc2cc(Cl)cc(NC3CCC(=O)NC3=O)c2)C[C@H]1C. The zero-order chi connectivity index (χ0) is 43.7. The molecule has 0 radical (unpaired) electrons. The summed E-state index contributed by atoms with van der Waals surface area (Å²) in [7, 11) is 0. The number of nitriles is 1. The molecule has 1 aromatic heterocycles. The van der Waals surface area contributed by atoms with Crippen molar-refractivity contribution in [3.8, 4) is 11.9 Å². The zero-order valence-electron chi connectivity index (χ0n) is 33.8. The van der Waals surface area contributed by atoms with E-state index < -0.39 is 46.2 Å². The van der Waals surface area contributed by atoms with Gasteiger partial charge in [-0.05, 0) is 83.0 Å². The van der Waals surface area contributed by atoms with Crippen molar-refractivity contribution < 1.29 is 37.1 Å². The van der Waals surface area contributed by atoms with Crippen LogP contribution < -0.4 is 30.5 Å². The number of rotatable bonds is 12. The summed E-state index contributed by atoms with van der Waals surface area (Å²) < 4.78 is 47.6. The molecule has 0 aliphatic carbocycles. The highest BCUT2D eigenvalue weighted by Gasteiger charge is 2.52. The molecule has 19 heteroatoms. The highest BCUT2D eigenvalue weighted by Crippen LogP contribution is 2.43. The maximum absolute atomic E-state index is 13.8. The van der Waals surface area contributed by atoms with Gasteiger partial charge in [-0.15, -0.1) is 12.6 Å². The normalized spacial score (nSPS) is 22.4. The van der Waals surface area contributed by atoms with Gasteiger partial charge in [0, 0.05) is 65.8 Å². The Labute approximate surface area is 356 Å². The molecule has 6 rings (SSSR count). The number of carbonyl (C=O) groups is 4. The van der Waals surface area contributed by atoms with Gasteiger partial charge in [0.1, 0.15) is 18.2 Å². The van der Waals surface area contributed by atoms with Crippen LogP contribution in [-0.4, -0.2) is 100 Å². The number of anilines is 4. The Hall–Kier alpha value is -5.09. The lowest BCUT2D eigenvalue weighted by Gasteiger charge is -2.43. The Morgan fingerprint density at radius 2 is 1.77 bits per heavy atom. The summed E-state index contributed by atoms with van der Waals surface area (Å²) in [4.78, 5) is 62.5. The standard InChI is InChI=1S/C41H47ClF3N9O5S/c1-6-25-13-31(54-39(60)53(38(58)40(54,4)5)30-8-7-26(18-46)32(17-30)41(43,44)45)19-47-37(25)59-12-11-51-20-24(3)52(21-23(51)2)22-35(56)49-29-15-27(42)14-28(16-29)48-33-9-10-34(55)50-36(33)57/h7-8,13-17,19,23-24,33,39,48,60H,6,9-12,20-22H2,1-5H3,(H,49,56)(H,50,55,57)/t23-,24-,33?,39+/m1/s1. The van der Waals surface area contributed by atoms with Gasteiger partial charge in [-0.2, -0.15) is 18.4 Å². The predicted molar refractivity (Wildman–Crippen MR) is 224 cm³/mol. The number of carbonyl (C=O) groups excluding carboxylic acids is 4. The van der Waals surface area contributed by atoms with Crippen molar-refractivity contribution in [2.75, 3.05) is 53.2 Å². The van der Waals surface area contributed by atoms with Gasteiger partial charge in [0.2, 0.25) is 23.6 Å². The third-order valence-electron chi connectivity index (χ3n) is 11.1. The van der Waals surface area contributed by atoms with E-state index in [9.17, 15) is 37.6 Å². The van der Waals surface area contributed by atoms with Gasteiger partial charge in [-0.3, -0.25) is 39.2 Å². The van der Waals surface area contributed by atoms with Gasteiger partial charge in [0.05, 0.1) is 35.6 Å². The number of nitrogens with one attached hydrogen (secondary N) is 3. The Balaban J connectivity index is 1.04. The Morgan fingerprint density at radius 3 is 2.45 bits per heavy atom. The lowest BCUT2D eigenvalue weighted by Crippen LogP contribution is -2.58. The number of benzene rings is 2. The number of piperazine rings is 1. The molecule has 3 fully saturated rings. The van der Waals surface area contributed by atoms with E-state index in [1.807, 2.05) is 13.0 Å². The molecular weight excluding hydrogens is 823 g/mol. The highest BCUT2D eigenvalue weighted by molar-refractivity contribution is 7.81. The van der Waals surface area contributed by atoms with Gasteiger partial charge in [0.25, 0.3) is 5.91 Å². The number of hydrogen-bond acceptors (Lipinski definition) is 12. The van der Waals surface area contributed by atoms with Gasteiger partial charge in [0.15, 0.2) is 5.50 Å². The monoisotopic (exact) mass is 869 g/mol. The minimum atomic E-state index is -4.79. The van der Waals surface area contributed by atoms with Crippen molar-refractivity contribution in [3.63, 3.8) is 0 Å². The van der Waals surface area contributed by atoms with Crippen molar-refractivity contribution in [1.82, 2.24) is 20.1 Å². The zero-order valence-corrected chi connectivity index (χ0v) is 35.4. The van der Waals surface area contributed by atoms with Gasteiger partial charge >= 0.3 is 6.18 Å². The first-order valence-corrected chi connectivity index (χ1v) is 20.4. The summed E-state index contributed by atoms with van der Waals surface area (Å²) in [5, 5.41) is 17.9. The van der Waals surface area contributed by atoms with Crippen LogP contribution in [0.5, 0.6) is 5.88 Å². The van der Waals surface area contributed by atoms with Crippen LogP contribution in [0.4, 0.5) is 35.9 Å². The second-order valence-electron chi connectivity index (χ2n) is 15.7. The van der Waals surface area contributed by atoms with Crippen LogP contribution in [0.2, 0.25) is 5.02 Å². The molecule has 14 nitrogen and oxygen atoms in total. The molecule has 320 valence electrons. The van der Waals surface area contributed by atoms with E-state index >= 15 is 0 Å². The summed E-state index contributed by atoms with van der Waals surface area (Å²) in [5.41, 5.74) is -1.58. The van der Waals surface area contributed by atoms with Crippen LogP contribution >= 0.6 is 24.2 Å². The first-order valence-electron chi connectivity index (χ1n) is 19.5. The average Bonchev–Trinajstić information content (AvgIpc) is 3.35. The summed E-state index contributed by atoms with van der Waals surface area (Å²) in [6, 6.07) is 11.1. The van der Waals surface area contributed by atoms with Gasteiger partial charge in [-0.1, -0.05) is 18.5 Å². The quantitative estimate of drug-likeness (QED) is 0.131. The van der Waals surface area contributed by atoms with E-state index in [2.05, 4.69) is 44.6 Å². The van der Waals surface area contributed by atoms with Crippen LogP contribution in [0.3, 0.4) is 0 Å². The summed E-state index contributed by atoms with van der Waals surface area (Å²) in [6.45, 7) is 11.8. The number of ether oxygens (including phenoxy) is 1. The van der Waals surface area contributed by atoms with E-state index in [-0.39, 0.29) is 42.6 Å². The van der Waals surface area contributed by atoms with Crippen molar-refractivity contribution in [3.05, 3.63) is 70.4 Å². The van der Waals surface area contributed by atoms with E-state index in [1.54, 1.807) is 49.2 Å². The second-order valence-corrected chi connectivity index (χ2v) is 16.6. The molecule has 3 N–H and O–H groups in total. The Kier molecular flexibility index (Phi) is 13.2. The molecule has 3 aromatic rings. The molecule has 1 unspecified atom stereocenters. The third kappa shape index (κ3) is 9.59. The molecule has 0 spiro atoms. The summed E-state index contributed by atoms with van der Waals surface area (Å²) in [6.07, 6.45) is -2.11.